The van der Waals surface area contributed by atoms with Crippen LogP contribution in [0, 0.1) is 0 Å². The maximum Gasteiger partial charge on any atom is 0.416 e. The Bertz CT molecular complexity index is 739. The highest BCUT2D eigenvalue weighted by atomic mass is 35.5. The van der Waals surface area contributed by atoms with Crippen molar-refractivity contribution in [2.24, 2.45) is 0 Å². The molecular formula is C17H14ClF3O2. The van der Waals surface area contributed by atoms with Crippen LogP contribution in [0.2, 0.25) is 5.02 Å². The van der Waals surface area contributed by atoms with E-state index in [0.29, 0.717) is 23.1 Å². The molecule has 0 heterocycles. The SMILES string of the molecule is CCc1c(CC(=O)O)cccc1-c1ccc(C(F)(F)F)cc1Cl. The van der Waals surface area contributed by atoms with E-state index in [1.165, 1.54) is 6.07 Å². The molecule has 0 saturated heterocycles. The first-order chi connectivity index (χ1) is 10.7. The molecule has 0 aromatic heterocycles. The quantitative estimate of drug-likeness (QED) is 0.827. The summed E-state index contributed by atoms with van der Waals surface area (Å²) in [5, 5.41) is 8.97. The molecule has 2 aromatic carbocycles. The van der Waals surface area contributed by atoms with Crippen molar-refractivity contribution in [3.8, 4) is 11.1 Å². The molecule has 0 amide bonds. The largest absolute Gasteiger partial charge is 0.481 e. The predicted molar refractivity (Wildman–Crippen MR) is 82.6 cm³/mol. The number of benzene rings is 2. The summed E-state index contributed by atoms with van der Waals surface area (Å²) in [6.45, 7) is 1.86. The average Bonchev–Trinajstić information content (AvgIpc) is 2.45. The number of hydrogen-bond acceptors (Lipinski definition) is 1. The fraction of sp³-hybridized carbons (Fsp3) is 0.235. The van der Waals surface area contributed by atoms with Gasteiger partial charge >= 0.3 is 12.1 Å². The number of aliphatic carboxylic acids is 1. The predicted octanol–water partition coefficient (Wildman–Crippen LogP) is 5.22. The van der Waals surface area contributed by atoms with Gasteiger partial charge in [-0.3, -0.25) is 4.79 Å². The molecule has 0 aliphatic carbocycles. The van der Waals surface area contributed by atoms with Crippen molar-refractivity contribution in [3.05, 3.63) is 58.1 Å². The van der Waals surface area contributed by atoms with Gasteiger partial charge in [0, 0.05) is 10.6 Å². The van der Waals surface area contributed by atoms with Gasteiger partial charge in [0.2, 0.25) is 0 Å². The van der Waals surface area contributed by atoms with Crippen LogP contribution in [-0.2, 0) is 23.8 Å². The summed E-state index contributed by atoms with van der Waals surface area (Å²) in [6, 6.07) is 8.31. The fourth-order valence-electron chi connectivity index (χ4n) is 2.54. The van der Waals surface area contributed by atoms with Crippen LogP contribution in [-0.4, -0.2) is 11.1 Å². The Labute approximate surface area is 136 Å². The molecule has 2 nitrogen and oxygen atoms in total. The fourth-order valence-corrected chi connectivity index (χ4v) is 2.83. The van der Waals surface area contributed by atoms with Crippen molar-refractivity contribution < 1.29 is 23.1 Å². The molecule has 2 aromatic rings. The molecule has 0 fully saturated rings. The minimum absolute atomic E-state index is 0.0120. The van der Waals surface area contributed by atoms with E-state index in [0.717, 1.165) is 17.7 Å². The van der Waals surface area contributed by atoms with Gasteiger partial charge in [0.25, 0.3) is 0 Å². The summed E-state index contributed by atoms with van der Waals surface area (Å²) in [7, 11) is 0. The number of carboxylic acid groups (broad SMARTS) is 1. The Morgan fingerprint density at radius 1 is 1.17 bits per heavy atom. The van der Waals surface area contributed by atoms with Gasteiger partial charge in [-0.1, -0.05) is 42.8 Å². The van der Waals surface area contributed by atoms with E-state index >= 15 is 0 Å². The van der Waals surface area contributed by atoms with Crippen LogP contribution in [0.15, 0.2) is 36.4 Å². The van der Waals surface area contributed by atoms with Gasteiger partial charge in [0.1, 0.15) is 0 Å². The monoisotopic (exact) mass is 342 g/mol. The van der Waals surface area contributed by atoms with Crippen LogP contribution < -0.4 is 0 Å². The van der Waals surface area contributed by atoms with Crippen molar-refractivity contribution in [1.82, 2.24) is 0 Å². The summed E-state index contributed by atoms with van der Waals surface area (Å²) in [6.07, 6.45) is -4.05. The van der Waals surface area contributed by atoms with E-state index in [4.69, 9.17) is 16.7 Å². The Balaban J connectivity index is 2.56. The molecule has 0 saturated carbocycles. The lowest BCUT2D eigenvalue weighted by atomic mass is 9.92. The Kier molecular flexibility index (Phi) is 5.00. The maximum atomic E-state index is 12.7. The van der Waals surface area contributed by atoms with Gasteiger partial charge in [-0.2, -0.15) is 13.2 Å². The van der Waals surface area contributed by atoms with E-state index in [2.05, 4.69) is 0 Å². The molecule has 0 bridgehead atoms. The first-order valence-corrected chi connectivity index (χ1v) is 7.31. The van der Waals surface area contributed by atoms with E-state index in [-0.39, 0.29) is 11.4 Å². The number of carboxylic acids is 1. The highest BCUT2D eigenvalue weighted by Gasteiger charge is 2.31. The second-order valence-corrected chi connectivity index (χ2v) is 5.47. The first kappa shape index (κ1) is 17.3. The lowest BCUT2D eigenvalue weighted by Gasteiger charge is -2.15. The van der Waals surface area contributed by atoms with Crippen LogP contribution in [0.25, 0.3) is 11.1 Å². The summed E-state index contributed by atoms with van der Waals surface area (Å²) in [5.74, 6) is -0.963. The van der Waals surface area contributed by atoms with E-state index < -0.39 is 17.7 Å². The van der Waals surface area contributed by atoms with Crippen molar-refractivity contribution >= 4 is 17.6 Å². The molecule has 0 unspecified atom stereocenters. The Morgan fingerprint density at radius 3 is 2.39 bits per heavy atom. The molecule has 0 aliphatic heterocycles. The Morgan fingerprint density at radius 2 is 1.87 bits per heavy atom. The molecular weight excluding hydrogens is 329 g/mol. The van der Waals surface area contributed by atoms with Gasteiger partial charge < -0.3 is 5.11 Å². The van der Waals surface area contributed by atoms with E-state index in [1.54, 1.807) is 18.2 Å². The highest BCUT2D eigenvalue weighted by Crippen LogP contribution is 2.37. The third-order valence-electron chi connectivity index (χ3n) is 3.55. The molecule has 0 aliphatic rings. The van der Waals surface area contributed by atoms with Gasteiger partial charge in [0.15, 0.2) is 0 Å². The minimum Gasteiger partial charge on any atom is -0.481 e. The second-order valence-electron chi connectivity index (χ2n) is 5.06. The number of carbonyl (C=O) groups is 1. The smallest absolute Gasteiger partial charge is 0.416 e. The topological polar surface area (TPSA) is 37.3 Å². The molecule has 1 N–H and O–H groups in total. The normalized spacial score (nSPS) is 11.5. The lowest BCUT2D eigenvalue weighted by molar-refractivity contribution is -0.138. The molecule has 23 heavy (non-hydrogen) atoms. The number of alkyl halides is 3. The highest BCUT2D eigenvalue weighted by molar-refractivity contribution is 6.33. The summed E-state index contributed by atoms with van der Waals surface area (Å²) < 4.78 is 38.2. The van der Waals surface area contributed by atoms with Gasteiger partial charge in [-0.05, 0) is 35.2 Å². The Hall–Kier alpha value is -2.01. The van der Waals surface area contributed by atoms with Crippen molar-refractivity contribution in [2.75, 3.05) is 0 Å². The van der Waals surface area contributed by atoms with Crippen LogP contribution in [0.4, 0.5) is 13.2 Å². The van der Waals surface area contributed by atoms with Gasteiger partial charge in [0.05, 0.1) is 12.0 Å². The first-order valence-electron chi connectivity index (χ1n) is 6.93. The molecule has 0 atom stereocenters. The summed E-state index contributed by atoms with van der Waals surface area (Å²) >= 11 is 6.04. The minimum atomic E-state index is -4.46. The zero-order valence-electron chi connectivity index (χ0n) is 12.2. The zero-order valence-corrected chi connectivity index (χ0v) is 13.0. The van der Waals surface area contributed by atoms with Gasteiger partial charge in [-0.25, -0.2) is 0 Å². The molecule has 6 heteroatoms. The second kappa shape index (κ2) is 6.62. The maximum absolute atomic E-state index is 12.7. The summed E-state index contributed by atoms with van der Waals surface area (Å²) in [4.78, 5) is 11.0. The van der Waals surface area contributed by atoms with Crippen molar-refractivity contribution in [1.29, 1.82) is 0 Å². The van der Waals surface area contributed by atoms with Gasteiger partial charge in [-0.15, -0.1) is 0 Å². The summed E-state index contributed by atoms with van der Waals surface area (Å²) in [5.41, 5.74) is 1.71. The van der Waals surface area contributed by atoms with E-state index in [9.17, 15) is 18.0 Å². The molecule has 0 spiro atoms. The van der Waals surface area contributed by atoms with E-state index in [1.807, 2.05) is 6.92 Å². The third kappa shape index (κ3) is 3.85. The van der Waals surface area contributed by atoms with Crippen LogP contribution in [0.3, 0.4) is 0 Å². The van der Waals surface area contributed by atoms with Crippen LogP contribution in [0.1, 0.15) is 23.6 Å². The third-order valence-corrected chi connectivity index (χ3v) is 3.87. The molecule has 0 radical (unpaired) electrons. The van der Waals surface area contributed by atoms with Crippen molar-refractivity contribution in [2.45, 2.75) is 25.9 Å². The zero-order chi connectivity index (χ0) is 17.2. The van der Waals surface area contributed by atoms with Crippen LogP contribution >= 0.6 is 11.6 Å². The van der Waals surface area contributed by atoms with Crippen molar-refractivity contribution in [3.63, 3.8) is 0 Å². The van der Waals surface area contributed by atoms with Crippen LogP contribution in [0.5, 0.6) is 0 Å². The standard InChI is InChI=1S/C17H14ClF3O2/c1-2-12-10(8-16(22)23)4-3-5-13(12)14-7-6-11(9-15(14)18)17(19,20)21/h3-7,9H,2,8H2,1H3,(H,22,23). The lowest BCUT2D eigenvalue weighted by Crippen LogP contribution is -2.06. The molecule has 2 rings (SSSR count). The number of halogens is 4. The average molecular weight is 343 g/mol. The molecule has 122 valence electrons. The number of rotatable bonds is 4. The number of hydrogen-bond donors (Lipinski definition) is 1.